The zero-order chi connectivity index (χ0) is 15.0. The van der Waals surface area contributed by atoms with E-state index in [2.05, 4.69) is 15.5 Å². The molecule has 5 heteroatoms. The number of aromatic nitrogens is 2. The van der Waals surface area contributed by atoms with Gasteiger partial charge in [-0.15, -0.1) is 0 Å². The summed E-state index contributed by atoms with van der Waals surface area (Å²) in [5.41, 5.74) is 10.8. The van der Waals surface area contributed by atoms with E-state index in [-0.39, 0.29) is 5.82 Å². The summed E-state index contributed by atoms with van der Waals surface area (Å²) in [6, 6.07) is 7.50. The summed E-state index contributed by atoms with van der Waals surface area (Å²) >= 11 is 0. The molecule has 0 amide bonds. The zero-order valence-corrected chi connectivity index (χ0v) is 12.0. The summed E-state index contributed by atoms with van der Waals surface area (Å²) in [6.07, 6.45) is 1.74. The first-order valence-corrected chi connectivity index (χ1v) is 6.76. The van der Waals surface area contributed by atoms with Crippen LogP contribution in [0.1, 0.15) is 16.7 Å². The molecule has 4 N–H and O–H groups in total. The molecular weight excluding hydrogens is 267 g/mol. The lowest BCUT2D eigenvalue weighted by Crippen LogP contribution is -2.04. The minimum absolute atomic E-state index is 0.142. The molecule has 0 aliphatic rings. The van der Waals surface area contributed by atoms with Crippen molar-refractivity contribution in [2.75, 3.05) is 11.1 Å². The second-order valence-corrected chi connectivity index (χ2v) is 5.29. The number of benzene rings is 2. The molecular formula is C16H17FN4. The van der Waals surface area contributed by atoms with Gasteiger partial charge in [-0.05, 0) is 42.7 Å². The van der Waals surface area contributed by atoms with Crippen molar-refractivity contribution in [2.45, 2.75) is 20.4 Å². The van der Waals surface area contributed by atoms with Crippen LogP contribution in [0.4, 0.5) is 15.8 Å². The number of fused-ring (bicyclic) bond motifs is 1. The molecule has 0 aliphatic carbocycles. The summed E-state index contributed by atoms with van der Waals surface area (Å²) < 4.78 is 13.6. The Morgan fingerprint density at radius 1 is 1.19 bits per heavy atom. The second-order valence-electron chi connectivity index (χ2n) is 5.29. The highest BCUT2D eigenvalue weighted by Crippen LogP contribution is 2.25. The van der Waals surface area contributed by atoms with Crippen LogP contribution in [-0.4, -0.2) is 10.2 Å². The summed E-state index contributed by atoms with van der Waals surface area (Å²) in [4.78, 5) is 0. The summed E-state index contributed by atoms with van der Waals surface area (Å²) in [6.45, 7) is 4.14. The highest BCUT2D eigenvalue weighted by Gasteiger charge is 2.06. The minimum Gasteiger partial charge on any atom is -0.397 e. The third-order valence-electron chi connectivity index (χ3n) is 3.59. The van der Waals surface area contributed by atoms with Crippen LogP contribution in [0.25, 0.3) is 10.9 Å². The molecule has 3 rings (SSSR count). The Labute approximate surface area is 122 Å². The largest absolute Gasteiger partial charge is 0.397 e. The number of H-pyrrole nitrogens is 1. The normalized spacial score (nSPS) is 11.0. The van der Waals surface area contributed by atoms with Crippen LogP contribution in [-0.2, 0) is 6.54 Å². The Balaban J connectivity index is 1.84. The third-order valence-corrected chi connectivity index (χ3v) is 3.59. The van der Waals surface area contributed by atoms with Crippen molar-refractivity contribution in [3.05, 3.63) is 53.0 Å². The van der Waals surface area contributed by atoms with Gasteiger partial charge in [0.15, 0.2) is 0 Å². The first kappa shape index (κ1) is 13.4. The van der Waals surface area contributed by atoms with Gasteiger partial charge in [-0.2, -0.15) is 5.10 Å². The van der Waals surface area contributed by atoms with Crippen molar-refractivity contribution in [3.63, 3.8) is 0 Å². The standard InChI is InChI=1S/C16H17FN4/c1-9-3-11(4-10(2)16(9)17)7-19-15-6-14-12(5-13(15)18)8-20-21-14/h3-6,8,19H,7,18H2,1-2H3,(H,20,21). The van der Waals surface area contributed by atoms with Crippen molar-refractivity contribution >= 4 is 22.3 Å². The smallest absolute Gasteiger partial charge is 0.129 e. The van der Waals surface area contributed by atoms with Gasteiger partial charge in [0.2, 0.25) is 0 Å². The van der Waals surface area contributed by atoms with Crippen molar-refractivity contribution in [3.8, 4) is 0 Å². The molecule has 0 saturated carbocycles. The van der Waals surface area contributed by atoms with Crippen LogP contribution in [0.2, 0.25) is 0 Å². The van der Waals surface area contributed by atoms with Crippen molar-refractivity contribution in [1.29, 1.82) is 0 Å². The highest BCUT2D eigenvalue weighted by molar-refractivity contribution is 5.88. The lowest BCUT2D eigenvalue weighted by Gasteiger charge is -2.11. The van der Waals surface area contributed by atoms with Crippen LogP contribution < -0.4 is 11.1 Å². The molecule has 1 aromatic heterocycles. The Kier molecular flexibility index (Phi) is 3.25. The molecule has 108 valence electrons. The SMILES string of the molecule is Cc1cc(CNc2cc3[nH]ncc3cc2N)cc(C)c1F. The van der Waals surface area contributed by atoms with E-state index in [4.69, 9.17) is 5.73 Å². The van der Waals surface area contributed by atoms with Crippen LogP contribution >= 0.6 is 0 Å². The lowest BCUT2D eigenvalue weighted by molar-refractivity contribution is 0.608. The average molecular weight is 284 g/mol. The van der Waals surface area contributed by atoms with E-state index in [0.29, 0.717) is 23.4 Å². The number of hydrogen-bond donors (Lipinski definition) is 3. The van der Waals surface area contributed by atoms with E-state index in [0.717, 1.165) is 22.2 Å². The maximum absolute atomic E-state index is 13.6. The monoisotopic (exact) mass is 284 g/mol. The maximum atomic E-state index is 13.6. The van der Waals surface area contributed by atoms with Gasteiger partial charge >= 0.3 is 0 Å². The molecule has 1 heterocycles. The molecule has 3 aromatic rings. The van der Waals surface area contributed by atoms with Crippen molar-refractivity contribution in [2.24, 2.45) is 0 Å². The van der Waals surface area contributed by atoms with Crippen LogP contribution in [0.5, 0.6) is 0 Å². The van der Waals surface area contributed by atoms with Gasteiger partial charge in [0.05, 0.1) is 23.1 Å². The fraction of sp³-hybridized carbons (Fsp3) is 0.188. The van der Waals surface area contributed by atoms with Crippen molar-refractivity contribution < 1.29 is 4.39 Å². The van der Waals surface area contributed by atoms with E-state index < -0.39 is 0 Å². The number of aromatic amines is 1. The number of halogens is 1. The van der Waals surface area contributed by atoms with Gasteiger partial charge in [0.1, 0.15) is 5.82 Å². The number of nitrogen functional groups attached to an aromatic ring is 1. The maximum Gasteiger partial charge on any atom is 0.129 e. The molecule has 0 radical (unpaired) electrons. The fourth-order valence-electron chi connectivity index (χ4n) is 2.50. The van der Waals surface area contributed by atoms with E-state index in [9.17, 15) is 4.39 Å². The van der Waals surface area contributed by atoms with Crippen LogP contribution in [0.3, 0.4) is 0 Å². The quantitative estimate of drug-likeness (QED) is 0.645. The molecule has 0 aliphatic heterocycles. The molecule has 0 atom stereocenters. The Morgan fingerprint density at radius 2 is 1.90 bits per heavy atom. The molecule has 0 spiro atoms. The van der Waals surface area contributed by atoms with Gasteiger partial charge in [0, 0.05) is 11.9 Å². The number of rotatable bonds is 3. The Morgan fingerprint density at radius 3 is 2.62 bits per heavy atom. The van der Waals surface area contributed by atoms with E-state index >= 15 is 0 Å². The summed E-state index contributed by atoms with van der Waals surface area (Å²) in [5, 5.41) is 11.2. The van der Waals surface area contributed by atoms with Crippen LogP contribution in [0, 0.1) is 19.7 Å². The first-order valence-electron chi connectivity index (χ1n) is 6.76. The van der Waals surface area contributed by atoms with Crippen LogP contribution in [0.15, 0.2) is 30.5 Å². The van der Waals surface area contributed by atoms with Crippen molar-refractivity contribution in [1.82, 2.24) is 10.2 Å². The van der Waals surface area contributed by atoms with Gasteiger partial charge in [-0.25, -0.2) is 4.39 Å². The molecule has 0 saturated heterocycles. The number of anilines is 2. The number of nitrogens with one attached hydrogen (secondary N) is 2. The topological polar surface area (TPSA) is 66.7 Å². The van der Waals surface area contributed by atoms with E-state index in [1.54, 1.807) is 20.0 Å². The zero-order valence-electron chi connectivity index (χ0n) is 12.0. The number of nitrogens with two attached hydrogens (primary N) is 1. The summed E-state index contributed by atoms with van der Waals surface area (Å²) in [5.74, 6) is -0.142. The van der Waals surface area contributed by atoms with Gasteiger partial charge in [-0.1, -0.05) is 12.1 Å². The third kappa shape index (κ3) is 2.54. The van der Waals surface area contributed by atoms with E-state index in [1.165, 1.54) is 0 Å². The van der Waals surface area contributed by atoms with Gasteiger partial charge in [0.25, 0.3) is 0 Å². The molecule has 2 aromatic carbocycles. The predicted molar refractivity (Wildman–Crippen MR) is 83.7 cm³/mol. The molecule has 21 heavy (non-hydrogen) atoms. The average Bonchev–Trinajstić information content (AvgIpc) is 2.89. The minimum atomic E-state index is -0.142. The van der Waals surface area contributed by atoms with Gasteiger partial charge < -0.3 is 11.1 Å². The fourth-order valence-corrected chi connectivity index (χ4v) is 2.50. The lowest BCUT2D eigenvalue weighted by atomic mass is 10.1. The number of hydrogen-bond acceptors (Lipinski definition) is 3. The molecule has 0 unspecified atom stereocenters. The summed E-state index contributed by atoms with van der Waals surface area (Å²) in [7, 11) is 0. The van der Waals surface area contributed by atoms with Gasteiger partial charge in [-0.3, -0.25) is 5.10 Å². The number of nitrogens with zero attached hydrogens (tertiary/aromatic N) is 1. The predicted octanol–water partition coefficient (Wildman–Crippen LogP) is 3.51. The molecule has 4 nitrogen and oxygen atoms in total. The molecule has 0 fully saturated rings. The van der Waals surface area contributed by atoms with E-state index in [1.807, 2.05) is 24.3 Å². The molecule has 0 bridgehead atoms. The Hall–Kier alpha value is -2.56. The Bertz CT molecular complexity index is 784. The second kappa shape index (κ2) is 5.09. The number of aryl methyl sites for hydroxylation is 2. The highest BCUT2D eigenvalue weighted by atomic mass is 19.1. The first-order chi connectivity index (χ1) is 10.0.